The summed E-state index contributed by atoms with van der Waals surface area (Å²) < 4.78 is 63.2. The monoisotopic (exact) mass is 247 g/mol. The quantitative estimate of drug-likeness (QED) is 0.484. The van der Waals surface area contributed by atoms with Gasteiger partial charge in [0.1, 0.15) is 0 Å². The van der Waals surface area contributed by atoms with E-state index < -0.39 is 41.1 Å². The molecule has 0 spiro atoms. The molecule has 0 fully saturated rings. The van der Waals surface area contributed by atoms with Crippen LogP contribution in [0.2, 0.25) is 0 Å². The van der Waals surface area contributed by atoms with Gasteiger partial charge < -0.3 is 5.73 Å². The van der Waals surface area contributed by atoms with Gasteiger partial charge in [-0.25, -0.2) is 22.0 Å². The van der Waals surface area contributed by atoms with Crippen LogP contribution in [0.25, 0.3) is 0 Å². The van der Waals surface area contributed by atoms with Crippen LogP contribution in [-0.2, 0) is 6.42 Å². The summed E-state index contributed by atoms with van der Waals surface area (Å²) >= 11 is 0. The minimum atomic E-state index is -2.15. The molecule has 1 aromatic rings. The van der Waals surface area contributed by atoms with Gasteiger partial charge in [0.15, 0.2) is 23.3 Å². The lowest BCUT2D eigenvalue weighted by Crippen LogP contribution is -2.11. The lowest BCUT2D eigenvalue weighted by atomic mass is 10.1. The van der Waals surface area contributed by atoms with Crippen molar-refractivity contribution in [3.63, 3.8) is 0 Å². The first-order chi connectivity index (χ1) is 6.50. The van der Waals surface area contributed by atoms with E-state index in [0.717, 1.165) is 0 Å². The average Bonchev–Trinajstić information content (AvgIpc) is 2.19. The molecule has 0 unspecified atom stereocenters. The smallest absolute Gasteiger partial charge is 0.200 e. The molecule has 0 bridgehead atoms. The molecule has 0 heterocycles. The van der Waals surface area contributed by atoms with Gasteiger partial charge in [-0.05, 0) is 13.0 Å². The zero-order valence-electron chi connectivity index (χ0n) is 7.29. The van der Waals surface area contributed by atoms with Crippen molar-refractivity contribution < 1.29 is 22.0 Å². The lowest BCUT2D eigenvalue weighted by Gasteiger charge is -2.06. The van der Waals surface area contributed by atoms with E-state index in [0.29, 0.717) is 0 Å². The summed E-state index contributed by atoms with van der Waals surface area (Å²) in [6, 6.07) is 0. The van der Waals surface area contributed by atoms with Crippen LogP contribution in [0.1, 0.15) is 5.56 Å². The van der Waals surface area contributed by atoms with E-state index in [1.165, 1.54) is 0 Å². The topological polar surface area (TPSA) is 26.0 Å². The molecule has 0 atom stereocenters. The molecule has 0 aliphatic rings. The Balaban J connectivity index is 0.00000196. The molecule has 0 saturated carbocycles. The van der Waals surface area contributed by atoms with Crippen LogP contribution in [0.3, 0.4) is 0 Å². The molecule has 1 nitrogen and oxygen atoms in total. The van der Waals surface area contributed by atoms with Gasteiger partial charge in [0.25, 0.3) is 0 Å². The molecule has 15 heavy (non-hydrogen) atoms. The van der Waals surface area contributed by atoms with Gasteiger partial charge in [-0.3, -0.25) is 0 Å². The SMILES string of the molecule is Cl.NCCc1c(F)c(F)c(F)c(F)c1F. The maximum Gasteiger partial charge on any atom is 0.200 e. The summed E-state index contributed by atoms with van der Waals surface area (Å²) in [7, 11) is 0. The Kier molecular flexibility index (Phi) is 4.96. The highest BCUT2D eigenvalue weighted by molar-refractivity contribution is 5.85. The second-order valence-electron chi connectivity index (χ2n) is 2.59. The number of hydrogen-bond acceptors (Lipinski definition) is 1. The summed E-state index contributed by atoms with van der Waals surface area (Å²) in [6.45, 7) is -0.196. The average molecular weight is 248 g/mol. The Labute approximate surface area is 88.5 Å². The van der Waals surface area contributed by atoms with Crippen molar-refractivity contribution in [3.05, 3.63) is 34.6 Å². The summed E-state index contributed by atoms with van der Waals surface area (Å²) in [5.41, 5.74) is 4.09. The van der Waals surface area contributed by atoms with Crippen LogP contribution in [0.15, 0.2) is 0 Å². The Morgan fingerprint density at radius 2 is 1.07 bits per heavy atom. The first-order valence-electron chi connectivity index (χ1n) is 3.71. The van der Waals surface area contributed by atoms with Gasteiger partial charge >= 0.3 is 0 Å². The van der Waals surface area contributed by atoms with Crippen LogP contribution in [0.5, 0.6) is 0 Å². The number of hydrogen-bond donors (Lipinski definition) is 1. The fourth-order valence-corrected chi connectivity index (χ4v) is 1.01. The van der Waals surface area contributed by atoms with Crippen molar-refractivity contribution in [1.82, 2.24) is 0 Å². The first-order valence-corrected chi connectivity index (χ1v) is 3.71. The summed E-state index contributed by atoms with van der Waals surface area (Å²) in [6.07, 6.45) is -0.397. The van der Waals surface area contributed by atoms with Crippen molar-refractivity contribution in [2.24, 2.45) is 5.73 Å². The van der Waals surface area contributed by atoms with Crippen molar-refractivity contribution in [1.29, 1.82) is 0 Å². The molecule has 1 aromatic carbocycles. The van der Waals surface area contributed by atoms with Crippen LogP contribution >= 0.6 is 12.4 Å². The van der Waals surface area contributed by atoms with Crippen molar-refractivity contribution in [2.45, 2.75) is 6.42 Å². The molecule has 0 radical (unpaired) electrons. The van der Waals surface area contributed by atoms with E-state index in [-0.39, 0.29) is 19.0 Å². The molecule has 1 rings (SSSR count). The summed E-state index contributed by atoms with van der Waals surface area (Å²) in [5.74, 6) is -9.65. The van der Waals surface area contributed by atoms with E-state index in [9.17, 15) is 22.0 Å². The highest BCUT2D eigenvalue weighted by Crippen LogP contribution is 2.22. The molecule has 0 aliphatic carbocycles. The second kappa shape index (κ2) is 5.27. The maximum atomic E-state index is 12.8. The lowest BCUT2D eigenvalue weighted by molar-refractivity contribution is 0.370. The molecule has 0 saturated heterocycles. The van der Waals surface area contributed by atoms with Crippen LogP contribution in [0.4, 0.5) is 22.0 Å². The Morgan fingerprint density at radius 3 is 1.40 bits per heavy atom. The van der Waals surface area contributed by atoms with Crippen LogP contribution in [-0.4, -0.2) is 6.54 Å². The van der Waals surface area contributed by atoms with Gasteiger partial charge in [0, 0.05) is 5.56 Å². The van der Waals surface area contributed by atoms with Crippen LogP contribution < -0.4 is 5.73 Å². The van der Waals surface area contributed by atoms with Crippen molar-refractivity contribution >= 4 is 12.4 Å². The predicted molar refractivity (Wildman–Crippen MR) is 46.2 cm³/mol. The fraction of sp³-hybridized carbons (Fsp3) is 0.250. The second-order valence-corrected chi connectivity index (χ2v) is 2.59. The molecule has 86 valence electrons. The molecule has 0 aromatic heterocycles. The Bertz CT molecular complexity index is 340. The van der Waals surface area contributed by atoms with Gasteiger partial charge in [-0.1, -0.05) is 0 Å². The predicted octanol–water partition coefficient (Wildman–Crippen LogP) is 2.31. The van der Waals surface area contributed by atoms with E-state index in [1.807, 2.05) is 0 Å². The molecular formula is C8H7ClF5N. The largest absolute Gasteiger partial charge is 0.330 e. The van der Waals surface area contributed by atoms with E-state index in [1.54, 1.807) is 0 Å². The zero-order valence-corrected chi connectivity index (χ0v) is 8.11. The first kappa shape index (κ1) is 14.1. The molecule has 2 N–H and O–H groups in total. The highest BCUT2D eigenvalue weighted by Gasteiger charge is 2.24. The molecule has 7 heteroatoms. The highest BCUT2D eigenvalue weighted by atomic mass is 35.5. The van der Waals surface area contributed by atoms with Gasteiger partial charge in [-0.2, -0.15) is 0 Å². The Morgan fingerprint density at radius 1 is 0.733 bits per heavy atom. The van der Waals surface area contributed by atoms with E-state index >= 15 is 0 Å². The molecule has 0 amide bonds. The third-order valence-electron chi connectivity index (χ3n) is 1.70. The minimum Gasteiger partial charge on any atom is -0.330 e. The van der Waals surface area contributed by atoms with Gasteiger partial charge in [0.2, 0.25) is 5.82 Å². The number of nitrogens with two attached hydrogens (primary N) is 1. The Hall–Kier alpha value is -0.880. The van der Waals surface area contributed by atoms with Crippen molar-refractivity contribution in [3.8, 4) is 0 Å². The third-order valence-corrected chi connectivity index (χ3v) is 1.70. The van der Waals surface area contributed by atoms with E-state index in [4.69, 9.17) is 5.73 Å². The standard InChI is InChI=1S/C8H6F5N.ClH/c9-4-3(1-2-14)5(10)7(12)8(13)6(4)11;/h1-2,14H2;1H. The normalized spacial score (nSPS) is 10.0. The fourth-order valence-electron chi connectivity index (χ4n) is 1.01. The minimum absolute atomic E-state index is 0. The zero-order chi connectivity index (χ0) is 10.9. The van der Waals surface area contributed by atoms with Gasteiger partial charge in [0.05, 0.1) is 0 Å². The number of benzene rings is 1. The summed E-state index contributed by atoms with van der Waals surface area (Å²) in [4.78, 5) is 0. The number of rotatable bonds is 2. The molecule has 0 aliphatic heterocycles. The number of halogens is 6. The maximum absolute atomic E-state index is 12.8. The van der Waals surface area contributed by atoms with E-state index in [2.05, 4.69) is 0 Å². The molecular weight excluding hydrogens is 241 g/mol. The summed E-state index contributed by atoms with van der Waals surface area (Å²) in [5, 5.41) is 0. The van der Waals surface area contributed by atoms with Gasteiger partial charge in [-0.15, -0.1) is 12.4 Å². The van der Waals surface area contributed by atoms with Crippen molar-refractivity contribution in [2.75, 3.05) is 6.54 Å². The van der Waals surface area contributed by atoms with Crippen LogP contribution in [0, 0.1) is 29.1 Å². The third kappa shape index (κ3) is 2.38.